The first-order valence-electron chi connectivity index (χ1n) is 9.31. The highest BCUT2D eigenvalue weighted by molar-refractivity contribution is 6.00. The van der Waals surface area contributed by atoms with Gasteiger partial charge in [-0.2, -0.15) is 0 Å². The van der Waals surface area contributed by atoms with Gasteiger partial charge in [0.25, 0.3) is 5.91 Å². The molecule has 7 nitrogen and oxygen atoms in total. The van der Waals surface area contributed by atoms with Crippen LogP contribution in [-0.2, 0) is 0 Å². The van der Waals surface area contributed by atoms with Crippen LogP contribution < -0.4 is 10.6 Å². The summed E-state index contributed by atoms with van der Waals surface area (Å²) in [7, 11) is 1.54. The molecule has 0 saturated carbocycles. The minimum atomic E-state index is -0.409. The lowest BCUT2D eigenvalue weighted by atomic mass is 10.00. The Hall–Kier alpha value is -3.68. The molecular weight excluding hydrogens is 373 g/mol. The number of H-pyrrole nitrogens is 1. The average molecular weight is 393 g/mol. The van der Waals surface area contributed by atoms with E-state index in [4.69, 9.17) is 4.42 Å². The number of anilines is 1. The summed E-state index contributed by atoms with van der Waals surface area (Å²) >= 11 is 0. The Balaban J connectivity index is 1.77. The largest absolute Gasteiger partial charge is 0.403 e. The van der Waals surface area contributed by atoms with Gasteiger partial charge in [0.1, 0.15) is 5.82 Å². The van der Waals surface area contributed by atoms with Gasteiger partial charge in [-0.25, -0.2) is 4.39 Å². The van der Waals surface area contributed by atoms with Crippen molar-refractivity contribution in [2.45, 2.75) is 13.3 Å². The fourth-order valence-electron chi connectivity index (χ4n) is 3.14. The van der Waals surface area contributed by atoms with E-state index in [2.05, 4.69) is 25.8 Å². The van der Waals surface area contributed by atoms with Gasteiger partial charge in [0, 0.05) is 52.9 Å². The number of nitrogens with one attached hydrogen (secondary N) is 3. The van der Waals surface area contributed by atoms with Gasteiger partial charge in [-0.1, -0.05) is 12.0 Å². The molecule has 4 aromatic rings. The Labute approximate surface area is 166 Å². The third-order valence-electron chi connectivity index (χ3n) is 4.63. The number of benzene rings is 2. The van der Waals surface area contributed by atoms with Gasteiger partial charge in [0.15, 0.2) is 0 Å². The van der Waals surface area contributed by atoms with E-state index in [1.807, 2.05) is 25.1 Å². The third kappa shape index (κ3) is 3.56. The maximum atomic E-state index is 14.6. The van der Waals surface area contributed by atoms with Crippen LogP contribution in [0.3, 0.4) is 0 Å². The van der Waals surface area contributed by atoms with Crippen molar-refractivity contribution in [1.82, 2.24) is 20.5 Å². The molecule has 0 atom stereocenters. The Morgan fingerprint density at radius 2 is 2.03 bits per heavy atom. The Kier molecular flexibility index (Phi) is 4.99. The van der Waals surface area contributed by atoms with Crippen LogP contribution in [0.1, 0.15) is 23.7 Å². The number of fused-ring (bicyclic) bond motifs is 1. The number of hydrogen-bond donors (Lipinski definition) is 3. The van der Waals surface area contributed by atoms with E-state index in [9.17, 15) is 9.18 Å². The molecule has 0 unspecified atom stereocenters. The molecule has 4 rings (SSSR count). The maximum absolute atomic E-state index is 14.6. The van der Waals surface area contributed by atoms with Crippen LogP contribution in [0.4, 0.5) is 10.4 Å². The van der Waals surface area contributed by atoms with E-state index >= 15 is 0 Å². The molecule has 0 bridgehead atoms. The molecule has 3 N–H and O–H groups in total. The summed E-state index contributed by atoms with van der Waals surface area (Å²) in [5.74, 6) is -0.310. The average Bonchev–Trinajstić information content (AvgIpc) is 3.38. The Morgan fingerprint density at radius 1 is 1.17 bits per heavy atom. The zero-order chi connectivity index (χ0) is 20.4. The summed E-state index contributed by atoms with van der Waals surface area (Å²) in [6.07, 6.45) is 2.67. The molecule has 2 aromatic heterocycles. The van der Waals surface area contributed by atoms with E-state index in [0.717, 1.165) is 29.4 Å². The molecule has 0 spiro atoms. The first kappa shape index (κ1) is 18.7. The number of aromatic nitrogens is 3. The van der Waals surface area contributed by atoms with Crippen molar-refractivity contribution in [1.29, 1.82) is 0 Å². The van der Waals surface area contributed by atoms with Gasteiger partial charge >= 0.3 is 6.01 Å². The number of carbonyl (C=O) groups is 1. The topological polar surface area (TPSA) is 95.8 Å². The van der Waals surface area contributed by atoms with E-state index in [1.165, 1.54) is 19.2 Å². The van der Waals surface area contributed by atoms with Crippen molar-refractivity contribution in [2.75, 3.05) is 18.9 Å². The van der Waals surface area contributed by atoms with Crippen molar-refractivity contribution in [2.24, 2.45) is 0 Å². The predicted molar refractivity (Wildman–Crippen MR) is 109 cm³/mol. The highest BCUT2D eigenvalue weighted by atomic mass is 19.1. The van der Waals surface area contributed by atoms with Crippen molar-refractivity contribution in [3.05, 3.63) is 54.0 Å². The summed E-state index contributed by atoms with van der Waals surface area (Å²) in [4.78, 5) is 15.1. The zero-order valence-electron chi connectivity index (χ0n) is 16.0. The number of rotatable bonds is 6. The number of hydrogen-bond acceptors (Lipinski definition) is 5. The molecule has 0 aliphatic heterocycles. The molecule has 2 aromatic carbocycles. The zero-order valence-corrected chi connectivity index (χ0v) is 16.0. The number of carbonyl (C=O) groups excluding carboxylic acids is 1. The van der Waals surface area contributed by atoms with Crippen LogP contribution in [0.25, 0.3) is 33.5 Å². The van der Waals surface area contributed by atoms with Gasteiger partial charge in [-0.05, 0) is 42.8 Å². The van der Waals surface area contributed by atoms with Crippen LogP contribution in [0, 0.1) is 5.82 Å². The molecule has 0 aliphatic rings. The molecule has 0 saturated heterocycles. The van der Waals surface area contributed by atoms with Crippen molar-refractivity contribution >= 4 is 22.8 Å². The highest BCUT2D eigenvalue weighted by Gasteiger charge is 2.16. The highest BCUT2D eigenvalue weighted by Crippen LogP contribution is 2.34. The van der Waals surface area contributed by atoms with Crippen molar-refractivity contribution < 1.29 is 13.6 Å². The second-order valence-corrected chi connectivity index (χ2v) is 6.58. The number of aromatic amines is 1. The second kappa shape index (κ2) is 7.75. The lowest BCUT2D eigenvalue weighted by Gasteiger charge is -2.06. The Bertz CT molecular complexity index is 1180. The summed E-state index contributed by atoms with van der Waals surface area (Å²) in [5, 5.41) is 14.5. The number of amides is 1. The molecule has 1 amide bonds. The molecule has 148 valence electrons. The predicted octanol–water partition coefficient (Wildman–Crippen LogP) is 4.21. The van der Waals surface area contributed by atoms with Crippen molar-refractivity contribution in [3.8, 4) is 22.6 Å². The number of nitrogens with zero attached hydrogens (tertiary/aromatic N) is 2. The van der Waals surface area contributed by atoms with Crippen LogP contribution in [0.2, 0.25) is 0 Å². The molecule has 0 aliphatic carbocycles. The SMILES string of the molecule is CCCNc1nnc(-c2ccc3[nH]cc(-c4cc(C(=O)NC)ccc4F)c3c2)o1. The van der Waals surface area contributed by atoms with E-state index < -0.39 is 5.82 Å². The fraction of sp³-hybridized carbons (Fsp3) is 0.190. The summed E-state index contributed by atoms with van der Waals surface area (Å²) in [5.41, 5.74) is 2.92. The fourth-order valence-corrected chi connectivity index (χ4v) is 3.14. The second-order valence-electron chi connectivity index (χ2n) is 6.58. The monoisotopic (exact) mass is 393 g/mol. The number of halogens is 1. The van der Waals surface area contributed by atoms with Crippen LogP contribution in [0.5, 0.6) is 0 Å². The lowest BCUT2D eigenvalue weighted by Crippen LogP contribution is -2.17. The van der Waals surface area contributed by atoms with Gasteiger partial charge in [0.2, 0.25) is 5.89 Å². The summed E-state index contributed by atoms with van der Waals surface area (Å²) < 4.78 is 20.2. The van der Waals surface area contributed by atoms with E-state index in [0.29, 0.717) is 28.6 Å². The van der Waals surface area contributed by atoms with Gasteiger partial charge < -0.3 is 20.0 Å². The molecule has 29 heavy (non-hydrogen) atoms. The van der Waals surface area contributed by atoms with Crippen LogP contribution >= 0.6 is 0 Å². The first-order valence-corrected chi connectivity index (χ1v) is 9.31. The normalized spacial score (nSPS) is 11.0. The molecule has 0 radical (unpaired) electrons. The molecule has 0 fully saturated rings. The minimum absolute atomic E-state index is 0.273. The smallest absolute Gasteiger partial charge is 0.315 e. The summed E-state index contributed by atoms with van der Waals surface area (Å²) in [6, 6.07) is 10.3. The molecular formula is C21H20FN5O2. The Morgan fingerprint density at radius 3 is 2.83 bits per heavy atom. The van der Waals surface area contributed by atoms with Gasteiger partial charge in [-0.3, -0.25) is 4.79 Å². The van der Waals surface area contributed by atoms with Crippen LogP contribution in [0.15, 0.2) is 47.0 Å². The lowest BCUT2D eigenvalue weighted by molar-refractivity contribution is 0.0963. The summed E-state index contributed by atoms with van der Waals surface area (Å²) in [6.45, 7) is 2.79. The molecule has 2 heterocycles. The minimum Gasteiger partial charge on any atom is -0.403 e. The van der Waals surface area contributed by atoms with E-state index in [1.54, 1.807) is 12.3 Å². The molecule has 8 heteroatoms. The first-order chi connectivity index (χ1) is 14.1. The maximum Gasteiger partial charge on any atom is 0.315 e. The third-order valence-corrected chi connectivity index (χ3v) is 4.63. The van der Waals surface area contributed by atoms with Crippen molar-refractivity contribution in [3.63, 3.8) is 0 Å². The quantitative estimate of drug-likeness (QED) is 0.456. The van der Waals surface area contributed by atoms with Gasteiger partial charge in [-0.15, -0.1) is 5.10 Å². The van der Waals surface area contributed by atoms with Gasteiger partial charge in [0.05, 0.1) is 0 Å². The van der Waals surface area contributed by atoms with Crippen LogP contribution in [-0.4, -0.2) is 34.7 Å². The standard InChI is InChI=1S/C21H20FN5O2/c1-3-8-24-21-27-26-20(29-21)13-5-7-18-15(10-13)16(11-25-18)14-9-12(19(28)23-2)4-6-17(14)22/h4-7,9-11,25H,3,8H2,1-2H3,(H,23,28)(H,24,27). The van der Waals surface area contributed by atoms with E-state index in [-0.39, 0.29) is 5.91 Å².